The number of likely N-dealkylation sites (N-methyl/N-ethyl adjacent to an activating group) is 1. The molecular weight excluding hydrogens is 604 g/mol. The van der Waals surface area contributed by atoms with Crippen LogP contribution >= 0.6 is 11.6 Å². The van der Waals surface area contributed by atoms with Gasteiger partial charge in [-0.15, -0.1) is 0 Å². The molecule has 1 saturated carbocycles. The first-order valence-electron chi connectivity index (χ1n) is 14.8. The molecule has 1 aromatic carbocycles. The first-order valence-corrected chi connectivity index (χ1v) is 16.7. The number of amides is 1. The molecule has 0 spiro atoms. The normalized spacial score (nSPS) is 16.3. The van der Waals surface area contributed by atoms with E-state index in [0.29, 0.717) is 23.9 Å². The third-order valence-corrected chi connectivity index (χ3v) is 9.91. The molecule has 0 radical (unpaired) electrons. The van der Waals surface area contributed by atoms with Crippen LogP contribution in [0.4, 0.5) is 17.5 Å². The SMILES string of the molecule is CN/C=C(/Nc1nc(Nc2cc(C)c(C3CCN(C(=O)CN(C)C)CC3)cc2OC2CC2)ncc1Cl)C(=N)S(=O)(=O)C(C)C. The summed E-state index contributed by atoms with van der Waals surface area (Å²) in [7, 11) is 1.55. The van der Waals surface area contributed by atoms with E-state index in [2.05, 4.69) is 38.9 Å². The predicted molar refractivity (Wildman–Crippen MR) is 175 cm³/mol. The van der Waals surface area contributed by atoms with Crippen LogP contribution < -0.4 is 20.7 Å². The summed E-state index contributed by atoms with van der Waals surface area (Å²) < 4.78 is 31.7. The van der Waals surface area contributed by atoms with Gasteiger partial charge in [0.15, 0.2) is 20.7 Å². The Kier molecular flexibility index (Phi) is 10.7. The van der Waals surface area contributed by atoms with Crippen molar-refractivity contribution in [1.29, 1.82) is 5.41 Å². The molecule has 1 aliphatic heterocycles. The van der Waals surface area contributed by atoms with E-state index in [-0.39, 0.29) is 34.5 Å². The van der Waals surface area contributed by atoms with Crippen LogP contribution in [0.2, 0.25) is 5.02 Å². The van der Waals surface area contributed by atoms with Crippen LogP contribution in [0.1, 0.15) is 56.6 Å². The zero-order valence-corrected chi connectivity index (χ0v) is 27.8. The summed E-state index contributed by atoms with van der Waals surface area (Å²) in [5, 5.41) is 16.0. The monoisotopic (exact) mass is 646 g/mol. The topological polar surface area (TPSA) is 153 Å². The number of hydrogen-bond donors (Lipinski definition) is 4. The molecule has 1 aromatic heterocycles. The smallest absolute Gasteiger partial charge is 0.236 e. The van der Waals surface area contributed by atoms with E-state index in [1.165, 1.54) is 31.8 Å². The molecule has 2 aromatic rings. The summed E-state index contributed by atoms with van der Waals surface area (Å²) in [6, 6.07) is 4.12. The van der Waals surface area contributed by atoms with Crippen molar-refractivity contribution >= 4 is 49.8 Å². The highest BCUT2D eigenvalue weighted by Gasteiger charge is 2.29. The van der Waals surface area contributed by atoms with Gasteiger partial charge in [-0.05, 0) is 89.7 Å². The summed E-state index contributed by atoms with van der Waals surface area (Å²) in [5.74, 6) is 1.54. The number of carbonyl (C=O) groups excluding carboxylic acids is 1. The van der Waals surface area contributed by atoms with E-state index < -0.39 is 20.1 Å². The second-order valence-electron chi connectivity index (χ2n) is 11.8. The highest BCUT2D eigenvalue weighted by Crippen LogP contribution is 2.40. The Morgan fingerprint density at radius 2 is 1.91 bits per heavy atom. The number of hydrogen-bond acceptors (Lipinski definition) is 11. The van der Waals surface area contributed by atoms with E-state index >= 15 is 0 Å². The Morgan fingerprint density at radius 1 is 1.23 bits per heavy atom. The van der Waals surface area contributed by atoms with Crippen LogP contribution in [0.3, 0.4) is 0 Å². The average Bonchev–Trinajstić information content (AvgIpc) is 3.79. The maximum Gasteiger partial charge on any atom is 0.236 e. The number of aryl methyl sites for hydroxylation is 1. The maximum atomic E-state index is 12.7. The summed E-state index contributed by atoms with van der Waals surface area (Å²) in [6.07, 6.45) is 6.69. The average molecular weight is 647 g/mol. The lowest BCUT2D eigenvalue weighted by Crippen LogP contribution is -2.42. The Balaban J connectivity index is 1.56. The van der Waals surface area contributed by atoms with Gasteiger partial charge in [-0.1, -0.05) is 11.6 Å². The standard InChI is InChI=1S/C30H43ClN8O4S/c1-18(2)44(41,42)28(32)25(16-33-4)35-29-23(31)15-34-30(37-29)36-24-13-19(3)22(14-26(24)43-21-7-8-21)20-9-11-39(12-10-20)27(40)17-38(5)6/h13-16,18,20-21,32-33H,7-12,17H2,1-6H3,(H2,34,35,36,37)/b25-16+,32-28?. The van der Waals surface area contributed by atoms with Crippen LogP contribution in [0.15, 0.2) is 30.2 Å². The minimum absolute atomic E-state index is 0.000153. The van der Waals surface area contributed by atoms with Gasteiger partial charge in [0, 0.05) is 26.3 Å². The van der Waals surface area contributed by atoms with Gasteiger partial charge >= 0.3 is 0 Å². The summed E-state index contributed by atoms with van der Waals surface area (Å²) in [4.78, 5) is 25.2. The van der Waals surface area contributed by atoms with Crippen LogP contribution in [-0.2, 0) is 14.6 Å². The van der Waals surface area contributed by atoms with Crippen molar-refractivity contribution in [2.75, 3.05) is 51.4 Å². The zero-order valence-electron chi connectivity index (χ0n) is 26.2. The van der Waals surface area contributed by atoms with Crippen molar-refractivity contribution in [2.45, 2.75) is 63.7 Å². The molecular formula is C30H43ClN8O4S. The molecule has 44 heavy (non-hydrogen) atoms. The lowest BCUT2D eigenvalue weighted by molar-refractivity contribution is -0.132. The molecule has 0 atom stereocenters. The van der Waals surface area contributed by atoms with Crippen LogP contribution in [-0.4, -0.2) is 91.3 Å². The largest absolute Gasteiger partial charge is 0.488 e. The molecule has 0 unspecified atom stereocenters. The molecule has 1 amide bonds. The number of rotatable bonds is 12. The number of likely N-dealkylation sites (tertiary alicyclic amines) is 1. The lowest BCUT2D eigenvalue weighted by Gasteiger charge is -2.33. The van der Waals surface area contributed by atoms with Crippen molar-refractivity contribution in [2.24, 2.45) is 0 Å². The summed E-state index contributed by atoms with van der Waals surface area (Å²) in [5.41, 5.74) is 3.00. The van der Waals surface area contributed by atoms with Crippen LogP contribution in [0.5, 0.6) is 5.75 Å². The molecule has 2 fully saturated rings. The van der Waals surface area contributed by atoms with Gasteiger partial charge in [0.25, 0.3) is 0 Å². The fraction of sp³-hybridized carbons (Fsp3) is 0.533. The number of benzene rings is 1. The van der Waals surface area contributed by atoms with Gasteiger partial charge in [-0.25, -0.2) is 13.4 Å². The zero-order chi connectivity index (χ0) is 32.2. The molecule has 4 N–H and O–H groups in total. The lowest BCUT2D eigenvalue weighted by atomic mass is 9.86. The molecule has 0 bridgehead atoms. The van der Waals surface area contributed by atoms with E-state index in [0.717, 1.165) is 44.3 Å². The molecule has 12 nitrogen and oxygen atoms in total. The molecule has 2 aliphatic rings. The van der Waals surface area contributed by atoms with E-state index in [1.54, 1.807) is 7.05 Å². The number of aromatic nitrogens is 2. The second kappa shape index (κ2) is 14.1. The van der Waals surface area contributed by atoms with Crippen molar-refractivity contribution in [1.82, 2.24) is 25.1 Å². The molecule has 1 saturated heterocycles. The van der Waals surface area contributed by atoms with E-state index in [4.69, 9.17) is 21.7 Å². The number of nitrogens with one attached hydrogen (secondary N) is 4. The number of sulfone groups is 1. The van der Waals surface area contributed by atoms with Crippen molar-refractivity contribution in [3.05, 3.63) is 46.4 Å². The minimum Gasteiger partial charge on any atom is -0.488 e. The first-order chi connectivity index (χ1) is 20.8. The third-order valence-electron chi connectivity index (χ3n) is 7.61. The fourth-order valence-corrected chi connectivity index (χ4v) is 6.00. The number of halogens is 1. The third kappa shape index (κ3) is 8.19. The highest BCUT2D eigenvalue weighted by atomic mass is 35.5. The highest BCUT2D eigenvalue weighted by molar-refractivity contribution is 8.07. The summed E-state index contributed by atoms with van der Waals surface area (Å²) in [6.45, 7) is 6.97. The molecule has 1 aliphatic carbocycles. The van der Waals surface area contributed by atoms with Gasteiger partial charge < -0.3 is 30.5 Å². The second-order valence-corrected chi connectivity index (χ2v) is 14.7. The van der Waals surface area contributed by atoms with Crippen LogP contribution in [0, 0.1) is 12.3 Å². The van der Waals surface area contributed by atoms with Crippen molar-refractivity contribution in [3.8, 4) is 5.75 Å². The van der Waals surface area contributed by atoms with Crippen molar-refractivity contribution < 1.29 is 17.9 Å². The fourth-order valence-electron chi connectivity index (χ4n) is 4.97. The van der Waals surface area contributed by atoms with E-state index in [1.807, 2.05) is 30.0 Å². The number of ether oxygens (including phenoxy) is 1. The number of nitrogens with zero attached hydrogens (tertiary/aromatic N) is 4. The number of anilines is 3. The Labute approximate surface area is 265 Å². The van der Waals surface area contributed by atoms with Crippen molar-refractivity contribution in [3.63, 3.8) is 0 Å². The van der Waals surface area contributed by atoms with Gasteiger partial charge in [-0.2, -0.15) is 4.98 Å². The number of carbonyl (C=O) groups is 1. The summed E-state index contributed by atoms with van der Waals surface area (Å²) >= 11 is 6.39. The predicted octanol–water partition coefficient (Wildman–Crippen LogP) is 4.26. The maximum absolute atomic E-state index is 12.7. The van der Waals surface area contributed by atoms with Crippen LogP contribution in [0.25, 0.3) is 0 Å². The molecule has 2 heterocycles. The van der Waals surface area contributed by atoms with Gasteiger partial charge in [0.1, 0.15) is 10.8 Å². The van der Waals surface area contributed by atoms with Gasteiger partial charge in [0.2, 0.25) is 11.9 Å². The molecule has 240 valence electrons. The number of piperidine rings is 1. The quantitative estimate of drug-likeness (QED) is 0.194. The Hall–Kier alpha value is -3.42. The van der Waals surface area contributed by atoms with Gasteiger partial charge in [-0.3, -0.25) is 10.2 Å². The Bertz CT molecular complexity index is 1520. The van der Waals surface area contributed by atoms with Gasteiger partial charge in [0.05, 0.1) is 35.5 Å². The molecule has 14 heteroatoms. The minimum atomic E-state index is -3.86. The van der Waals surface area contributed by atoms with E-state index in [9.17, 15) is 13.2 Å². The first kappa shape index (κ1) is 33.5. The molecule has 4 rings (SSSR count). The Morgan fingerprint density at radius 3 is 2.50 bits per heavy atom.